The molecule has 2 aromatic carbocycles. The SMILES string of the molecule is CCOC(=O)CN(C(=O)CC1C(=O)N(C(Cl)Cc2ccc(Cl)cc2)CC(=O)N1CCCN1CCOCC1)C(Cl)Cc1ccc(Cl)cc1. The lowest BCUT2D eigenvalue weighted by molar-refractivity contribution is -0.160. The van der Waals surface area contributed by atoms with Crippen LogP contribution in [0.3, 0.4) is 0 Å². The molecule has 0 bridgehead atoms. The van der Waals surface area contributed by atoms with E-state index in [1.165, 1.54) is 14.7 Å². The number of amides is 3. The molecule has 3 amide bonds. The molecular formula is C33H40Cl4N4O6. The van der Waals surface area contributed by atoms with Crippen LogP contribution in [-0.4, -0.2) is 119 Å². The first-order chi connectivity index (χ1) is 22.5. The van der Waals surface area contributed by atoms with E-state index < -0.39 is 41.4 Å². The molecule has 0 aliphatic carbocycles. The predicted octanol–water partition coefficient (Wildman–Crippen LogP) is 4.45. The molecule has 0 aromatic heterocycles. The largest absolute Gasteiger partial charge is 0.465 e. The first kappa shape index (κ1) is 37.2. The van der Waals surface area contributed by atoms with Crippen molar-refractivity contribution in [3.63, 3.8) is 0 Å². The Hall–Kier alpha value is -2.60. The van der Waals surface area contributed by atoms with Crippen LogP contribution in [-0.2, 0) is 41.5 Å². The summed E-state index contributed by atoms with van der Waals surface area (Å²) in [5, 5.41) is 1.11. The second-order valence-corrected chi connectivity index (χ2v) is 13.3. The standard InChI is InChI=1S/C33H40Cl4N4O6/c1-2-47-32(44)22-40(28(36)18-23-4-8-25(34)9-5-23)30(42)20-27-33(45)41(29(37)19-24-6-10-26(35)11-7-24)21-31(43)39(27)13-3-12-38-14-16-46-17-15-38/h4-11,27-29H,2-3,12-22H2,1H3. The third-order valence-electron chi connectivity index (χ3n) is 8.15. The molecule has 2 saturated heterocycles. The molecule has 4 rings (SSSR count). The van der Waals surface area contributed by atoms with E-state index in [-0.39, 0.29) is 44.9 Å². The van der Waals surface area contributed by atoms with E-state index >= 15 is 0 Å². The van der Waals surface area contributed by atoms with Gasteiger partial charge in [-0.1, -0.05) is 70.7 Å². The van der Waals surface area contributed by atoms with Gasteiger partial charge in [-0.2, -0.15) is 0 Å². The predicted molar refractivity (Wildman–Crippen MR) is 182 cm³/mol. The van der Waals surface area contributed by atoms with Crippen LogP contribution < -0.4 is 0 Å². The number of piperazine rings is 1. The van der Waals surface area contributed by atoms with E-state index in [9.17, 15) is 19.2 Å². The fraction of sp³-hybridized carbons (Fsp3) is 0.515. The molecule has 0 radical (unpaired) electrons. The van der Waals surface area contributed by atoms with Crippen molar-refractivity contribution in [1.29, 1.82) is 0 Å². The normalized spacial score (nSPS) is 18.6. The zero-order chi connectivity index (χ0) is 33.9. The molecule has 3 unspecified atom stereocenters. The number of carbonyl (C=O) groups excluding carboxylic acids is 4. The van der Waals surface area contributed by atoms with E-state index in [4.69, 9.17) is 55.9 Å². The Bertz CT molecular complexity index is 1360. The lowest BCUT2D eigenvalue weighted by Crippen LogP contribution is -2.63. The van der Waals surface area contributed by atoms with E-state index in [1.54, 1.807) is 43.3 Å². The Labute approximate surface area is 295 Å². The summed E-state index contributed by atoms with van der Waals surface area (Å²) < 4.78 is 10.6. The lowest BCUT2D eigenvalue weighted by Gasteiger charge is -2.42. The molecule has 3 atom stereocenters. The van der Waals surface area contributed by atoms with Crippen molar-refractivity contribution >= 4 is 70.1 Å². The highest BCUT2D eigenvalue weighted by molar-refractivity contribution is 6.30. The highest BCUT2D eigenvalue weighted by atomic mass is 35.5. The van der Waals surface area contributed by atoms with Crippen molar-refractivity contribution in [2.75, 3.05) is 59.1 Å². The number of ether oxygens (including phenoxy) is 2. The van der Waals surface area contributed by atoms with Crippen molar-refractivity contribution < 1.29 is 28.7 Å². The maximum Gasteiger partial charge on any atom is 0.325 e. The number of benzene rings is 2. The number of nitrogens with zero attached hydrogens (tertiary/aromatic N) is 4. The molecule has 14 heteroatoms. The fourth-order valence-electron chi connectivity index (χ4n) is 5.64. The third kappa shape index (κ3) is 11.0. The Morgan fingerprint density at radius 3 is 2.13 bits per heavy atom. The van der Waals surface area contributed by atoms with Gasteiger partial charge >= 0.3 is 5.97 Å². The molecule has 256 valence electrons. The van der Waals surface area contributed by atoms with Gasteiger partial charge < -0.3 is 24.2 Å². The quantitative estimate of drug-likeness (QED) is 0.152. The number of carbonyl (C=O) groups is 4. The van der Waals surface area contributed by atoms with Crippen LogP contribution >= 0.6 is 46.4 Å². The average molecular weight is 731 g/mol. The second kappa shape index (κ2) is 18.2. The van der Waals surface area contributed by atoms with Crippen LogP contribution in [0.1, 0.15) is 30.9 Å². The summed E-state index contributed by atoms with van der Waals surface area (Å²) in [7, 11) is 0. The summed E-state index contributed by atoms with van der Waals surface area (Å²) in [6, 6.07) is 12.9. The molecule has 2 aliphatic heterocycles. The van der Waals surface area contributed by atoms with Crippen molar-refractivity contribution in [3.05, 3.63) is 69.7 Å². The molecule has 2 aromatic rings. The fourth-order valence-corrected chi connectivity index (χ4v) is 6.59. The summed E-state index contributed by atoms with van der Waals surface area (Å²) in [6.45, 7) is 4.99. The molecule has 2 aliphatic rings. The Morgan fingerprint density at radius 1 is 0.936 bits per heavy atom. The minimum Gasteiger partial charge on any atom is -0.465 e. The van der Waals surface area contributed by atoms with Crippen LogP contribution in [0.25, 0.3) is 0 Å². The third-order valence-corrected chi connectivity index (χ3v) is 9.44. The molecule has 0 saturated carbocycles. The van der Waals surface area contributed by atoms with Crippen molar-refractivity contribution in [3.8, 4) is 0 Å². The number of hydrogen-bond acceptors (Lipinski definition) is 7. The summed E-state index contributed by atoms with van der Waals surface area (Å²) in [4.78, 5) is 60.5. The molecule has 2 heterocycles. The van der Waals surface area contributed by atoms with Gasteiger partial charge in [0.05, 0.1) is 26.2 Å². The molecule has 0 N–H and O–H groups in total. The Kier molecular flexibility index (Phi) is 14.4. The van der Waals surface area contributed by atoms with Gasteiger partial charge in [-0.15, -0.1) is 0 Å². The summed E-state index contributed by atoms with van der Waals surface area (Å²) >= 11 is 25.6. The Balaban J connectivity index is 1.55. The maximum atomic E-state index is 14.1. The average Bonchev–Trinajstić information content (AvgIpc) is 3.05. The number of rotatable bonds is 15. The van der Waals surface area contributed by atoms with Gasteiger partial charge in [0.25, 0.3) is 0 Å². The van der Waals surface area contributed by atoms with Crippen molar-refractivity contribution in [2.45, 2.75) is 49.7 Å². The smallest absolute Gasteiger partial charge is 0.325 e. The topological polar surface area (TPSA) is 99.7 Å². The number of alkyl halides is 2. The van der Waals surface area contributed by atoms with Crippen LogP contribution in [0.15, 0.2) is 48.5 Å². The number of morpholine rings is 1. The van der Waals surface area contributed by atoms with Gasteiger partial charge in [0, 0.05) is 49.1 Å². The van der Waals surface area contributed by atoms with Crippen LogP contribution in [0.5, 0.6) is 0 Å². The number of esters is 1. The van der Waals surface area contributed by atoms with Gasteiger partial charge in [0.15, 0.2) is 0 Å². The van der Waals surface area contributed by atoms with E-state index in [0.717, 1.165) is 24.2 Å². The summed E-state index contributed by atoms with van der Waals surface area (Å²) in [5.74, 6) is -1.96. The van der Waals surface area contributed by atoms with Gasteiger partial charge in [-0.25, -0.2) is 0 Å². The van der Waals surface area contributed by atoms with Crippen molar-refractivity contribution in [2.24, 2.45) is 0 Å². The summed E-state index contributed by atoms with van der Waals surface area (Å²) in [5.41, 5.74) is -0.160. The first-order valence-electron chi connectivity index (χ1n) is 15.7. The van der Waals surface area contributed by atoms with Gasteiger partial charge in [-0.3, -0.25) is 24.1 Å². The molecule has 10 nitrogen and oxygen atoms in total. The molecular weight excluding hydrogens is 690 g/mol. The number of halogens is 4. The monoisotopic (exact) mass is 728 g/mol. The first-order valence-corrected chi connectivity index (χ1v) is 17.3. The van der Waals surface area contributed by atoms with Gasteiger partial charge in [0.2, 0.25) is 17.7 Å². The minimum atomic E-state index is -1.14. The van der Waals surface area contributed by atoms with E-state index in [2.05, 4.69) is 4.90 Å². The van der Waals surface area contributed by atoms with Crippen molar-refractivity contribution in [1.82, 2.24) is 19.6 Å². The highest BCUT2D eigenvalue weighted by Crippen LogP contribution is 2.25. The van der Waals surface area contributed by atoms with Crippen LogP contribution in [0.4, 0.5) is 0 Å². The minimum absolute atomic E-state index is 0.122. The van der Waals surface area contributed by atoms with Gasteiger partial charge in [0.1, 0.15) is 30.1 Å². The molecule has 47 heavy (non-hydrogen) atoms. The maximum absolute atomic E-state index is 14.1. The van der Waals surface area contributed by atoms with E-state index in [0.29, 0.717) is 36.2 Å². The zero-order valence-electron chi connectivity index (χ0n) is 26.3. The summed E-state index contributed by atoms with van der Waals surface area (Å²) in [6.07, 6.45) is 0.698. The molecule has 0 spiro atoms. The number of hydrogen-bond donors (Lipinski definition) is 0. The van der Waals surface area contributed by atoms with Crippen LogP contribution in [0.2, 0.25) is 10.0 Å². The van der Waals surface area contributed by atoms with Crippen LogP contribution in [0, 0.1) is 0 Å². The molecule has 2 fully saturated rings. The second-order valence-electron chi connectivity index (χ2n) is 11.4. The highest BCUT2D eigenvalue weighted by Gasteiger charge is 2.43. The Morgan fingerprint density at radius 2 is 1.53 bits per heavy atom. The lowest BCUT2D eigenvalue weighted by atomic mass is 10.0. The zero-order valence-corrected chi connectivity index (χ0v) is 29.3. The van der Waals surface area contributed by atoms with E-state index in [1.807, 2.05) is 12.1 Å². The van der Waals surface area contributed by atoms with Gasteiger partial charge in [-0.05, 0) is 48.7 Å².